The number of aryl methyl sites for hydroxylation is 4. The fourth-order valence-corrected chi connectivity index (χ4v) is 10.7. The van der Waals surface area contributed by atoms with Gasteiger partial charge in [0, 0.05) is 22.3 Å². The number of nitrogens with two attached hydrogens (primary N) is 1. The Labute approximate surface area is 696 Å². The Kier molecular flexibility index (Phi) is 45.0. The number of carbonyl (C=O) groups excluding carboxylic acids is 16. The molecule has 41 heteroatoms. The van der Waals surface area contributed by atoms with Crippen LogP contribution in [0, 0.1) is 39.5 Å². The van der Waals surface area contributed by atoms with Crippen LogP contribution in [0.4, 0.5) is 5.69 Å². The number of aliphatic carboxylic acids is 4. The number of carbonyl (C=O) groups is 20. The molecule has 4 aromatic rings. The van der Waals surface area contributed by atoms with Gasteiger partial charge < -0.3 is 123 Å². The van der Waals surface area contributed by atoms with Crippen LogP contribution in [0.3, 0.4) is 0 Å². The Balaban J connectivity index is 0.000000801. The summed E-state index contributed by atoms with van der Waals surface area (Å²) in [6.07, 6.45) is -1.05. The van der Waals surface area contributed by atoms with E-state index in [0.717, 1.165) is 22.3 Å². The summed E-state index contributed by atoms with van der Waals surface area (Å²) in [6, 6.07) is 4.38. The molecule has 18 N–H and O–H groups in total. The highest BCUT2D eigenvalue weighted by atomic mass is 35.5. The van der Waals surface area contributed by atoms with Gasteiger partial charge >= 0.3 is 23.9 Å². The fourth-order valence-electron chi connectivity index (χ4n) is 10.5. The number of hydrogen-bond donors (Lipinski definition) is 17. The summed E-state index contributed by atoms with van der Waals surface area (Å²) in [6.45, 7) is 22.5. The minimum atomic E-state index is -1.26. The average molecular weight is 1710 g/mol. The van der Waals surface area contributed by atoms with Crippen molar-refractivity contribution in [1.82, 2.24) is 63.8 Å². The number of aldehydes is 4. The number of carboxylic acid groups (broad SMARTS) is 4. The summed E-state index contributed by atoms with van der Waals surface area (Å²) in [5, 5.41) is 64.0. The minimum absolute atomic E-state index is 0.199. The number of carboxylic acids is 4. The Morgan fingerprint density at radius 1 is 0.333 bits per heavy atom. The van der Waals surface area contributed by atoms with Gasteiger partial charge in [-0.3, -0.25) is 76.7 Å². The van der Waals surface area contributed by atoms with Gasteiger partial charge in [-0.25, -0.2) is 0 Å². The molecule has 0 spiro atoms. The van der Waals surface area contributed by atoms with Crippen molar-refractivity contribution in [2.24, 2.45) is 11.8 Å². The summed E-state index contributed by atoms with van der Waals surface area (Å²) in [5.41, 5.74) is 10.3. The lowest BCUT2D eigenvalue weighted by Crippen LogP contribution is -2.55. The van der Waals surface area contributed by atoms with Crippen molar-refractivity contribution < 1.29 is 131 Å². The van der Waals surface area contributed by atoms with Crippen LogP contribution in [0.5, 0.6) is 17.2 Å². The summed E-state index contributed by atoms with van der Waals surface area (Å²) >= 11 is 5.92. The zero-order valence-electron chi connectivity index (χ0n) is 69.2. The Morgan fingerprint density at radius 2 is 0.575 bits per heavy atom. The topological polar surface area (TPSA) is 620 Å². The van der Waals surface area contributed by atoms with Gasteiger partial charge in [-0.2, -0.15) is 0 Å². The largest absolute Gasteiger partial charge is 0.497 e. The first kappa shape index (κ1) is 105. The van der Waals surface area contributed by atoms with E-state index in [1.165, 1.54) is 86.1 Å². The van der Waals surface area contributed by atoms with Crippen LogP contribution in [0.2, 0.25) is 5.02 Å². The maximum absolute atomic E-state index is 12.8. The van der Waals surface area contributed by atoms with E-state index in [1.54, 1.807) is 85.1 Å². The van der Waals surface area contributed by atoms with E-state index in [4.69, 9.17) is 52.0 Å². The van der Waals surface area contributed by atoms with Crippen LogP contribution in [0.1, 0.15) is 159 Å². The van der Waals surface area contributed by atoms with Crippen molar-refractivity contribution in [2.75, 3.05) is 27.1 Å². The number of rotatable bonds is 41. The second-order valence-electron chi connectivity index (χ2n) is 27.8. The second-order valence-corrected chi connectivity index (χ2v) is 28.3. The predicted octanol–water partition coefficient (Wildman–Crippen LogP) is 0.639. The van der Waals surface area contributed by atoms with Crippen LogP contribution in [-0.4, -0.2) is 234 Å². The standard InChI is InChI=1S/C22H31N3O7.C20H27N3O7.C19H25ClN4O6.C18H23N3O7/c1-11(2)18(25-21(30)15-7-12(3)19(32-6)13(4)8-15)22(31)23-14(5)20(29)24-16(10-26)9-17(27)28;1-10-6-14(7-11(2)17(10)30-5)20(29)22-12(3)18(27)21-13(4)19(28)23-15(9-24)8-16(25)26;1-9(2)16(24-18(29)11-4-5-14(21)13(20)6-11)19(30)22-10(3)17(28)23-12(8-25)7-15(26)27;1-10(20-18(27)12-4-6-14(28-3)7-5-12)16(25)19-11(2)17(26)21-13(9-22)8-15(23)24/h7-8,10-11,14,16,18H,9H2,1-6H3,(H,23,31)(H,24,29)(H,25,30)(H,27,28);6-7,9,12-13,15H,8H2,1-5H3,(H,21,27)(H,22,29)(H,23,28)(H,25,26);4-6,8-10,12,16H,7,21H2,1-3H3,(H,22,30)(H,23,28)(H,24,29)(H,26,27);4-7,9-11,13H,8H2,1-3H3,(H,19,25)(H,20,27)(H,21,26)(H,23,24)/t14-,16-,18-;12-,13-,15-;10-,12-,16-;10-,11-,13-/m0000/s1. The number of methoxy groups -OCH3 is 3. The molecule has 656 valence electrons. The molecule has 0 saturated heterocycles. The van der Waals surface area contributed by atoms with Gasteiger partial charge in [-0.15, -0.1) is 0 Å². The van der Waals surface area contributed by atoms with E-state index in [0.29, 0.717) is 64.8 Å². The first-order valence-electron chi connectivity index (χ1n) is 36.9. The van der Waals surface area contributed by atoms with Crippen LogP contribution in [-0.2, 0) is 76.7 Å². The van der Waals surface area contributed by atoms with E-state index >= 15 is 0 Å². The molecule has 12 amide bonds. The number of benzene rings is 4. The molecule has 0 aliphatic carbocycles. The molecule has 0 aliphatic rings. The smallest absolute Gasteiger partial charge is 0.305 e. The van der Waals surface area contributed by atoms with Gasteiger partial charge in [0.05, 0.1) is 81.9 Å². The molecule has 0 unspecified atom stereocenters. The molecular formula is C79H106ClN13O27. The summed E-state index contributed by atoms with van der Waals surface area (Å²) in [4.78, 5) is 234. The van der Waals surface area contributed by atoms with Crippen LogP contribution >= 0.6 is 11.6 Å². The van der Waals surface area contributed by atoms with E-state index in [1.807, 2.05) is 13.8 Å². The predicted molar refractivity (Wildman–Crippen MR) is 431 cm³/mol. The number of anilines is 1. The quantitative estimate of drug-likeness (QED) is 0.0214. The van der Waals surface area contributed by atoms with Gasteiger partial charge in [-0.1, -0.05) is 39.3 Å². The van der Waals surface area contributed by atoms with E-state index in [9.17, 15) is 95.9 Å². The summed E-state index contributed by atoms with van der Waals surface area (Å²) < 4.78 is 15.6. The van der Waals surface area contributed by atoms with Crippen molar-refractivity contribution in [3.05, 3.63) is 116 Å². The van der Waals surface area contributed by atoms with Gasteiger partial charge in [0.1, 0.15) is 90.7 Å². The number of nitrogen functional groups attached to an aromatic ring is 1. The summed E-state index contributed by atoms with van der Waals surface area (Å²) in [5.74, 6) is -10.9. The highest BCUT2D eigenvalue weighted by Crippen LogP contribution is 2.26. The molecular weight excluding hydrogens is 1600 g/mol. The molecule has 4 rings (SSSR count). The van der Waals surface area contributed by atoms with Gasteiger partial charge in [0.25, 0.3) is 23.6 Å². The van der Waals surface area contributed by atoms with Crippen molar-refractivity contribution in [3.8, 4) is 17.2 Å². The molecule has 0 saturated carbocycles. The van der Waals surface area contributed by atoms with Crippen molar-refractivity contribution >= 4 is 137 Å². The van der Waals surface area contributed by atoms with Gasteiger partial charge in [-0.05, 0) is 170 Å². The zero-order chi connectivity index (χ0) is 91.9. The number of hydrogen-bond acceptors (Lipinski definition) is 24. The lowest BCUT2D eigenvalue weighted by Gasteiger charge is -2.24. The van der Waals surface area contributed by atoms with Crippen LogP contribution in [0.15, 0.2) is 66.7 Å². The maximum Gasteiger partial charge on any atom is 0.305 e. The lowest BCUT2D eigenvalue weighted by molar-refractivity contribution is -0.140. The third-order valence-electron chi connectivity index (χ3n) is 17.0. The third-order valence-corrected chi connectivity index (χ3v) is 17.3. The molecule has 0 heterocycles. The number of ether oxygens (including phenoxy) is 3. The Morgan fingerprint density at radius 3 is 0.825 bits per heavy atom. The molecule has 40 nitrogen and oxygen atoms in total. The summed E-state index contributed by atoms with van der Waals surface area (Å²) in [7, 11) is 4.58. The molecule has 12 atom stereocenters. The average Bonchev–Trinajstić information content (AvgIpc) is 0.726. The molecule has 120 heavy (non-hydrogen) atoms. The second kappa shape index (κ2) is 51.6. The number of halogens is 1. The normalized spacial score (nSPS) is 13.5. The molecule has 0 radical (unpaired) electrons. The third kappa shape index (κ3) is 36.4. The first-order chi connectivity index (χ1) is 56.0. The lowest BCUT2D eigenvalue weighted by atomic mass is 10.0. The number of nitrogens with one attached hydrogen (secondary N) is 12. The highest BCUT2D eigenvalue weighted by molar-refractivity contribution is 6.33. The molecule has 0 bridgehead atoms. The Hall–Kier alpha value is -13.4. The first-order valence-corrected chi connectivity index (χ1v) is 37.3. The molecule has 0 fully saturated rings. The van der Waals surface area contributed by atoms with E-state index in [-0.39, 0.29) is 22.4 Å². The maximum atomic E-state index is 12.8. The Bertz CT molecular complexity index is 4320. The SMILES string of the molecule is CC(C)[C@H](NC(=O)c1ccc(N)c(Cl)c1)C(=O)N[C@@H](C)C(=O)N[C@H](C=O)CC(=O)O.COc1c(C)cc(C(=O)N[C@@H](C)C(=O)N[C@@H](C)C(=O)N[C@H](C=O)CC(=O)O)cc1C.COc1c(C)cc(C(=O)N[C@H](C(=O)N[C@@H](C)C(=O)N[C@H](C=O)CC(=O)O)C(C)C)cc1C.COc1ccc(C(=O)N[C@@H](C)C(=O)N[C@@H](C)C(=O)N[C@H](C=O)CC(=O)O)cc1. The van der Waals surface area contributed by atoms with Crippen molar-refractivity contribution in [2.45, 2.75) is 195 Å². The number of amides is 12. The molecule has 0 aromatic heterocycles. The van der Waals surface area contributed by atoms with Crippen LogP contribution in [0.25, 0.3) is 0 Å². The minimum Gasteiger partial charge on any atom is -0.497 e. The fraction of sp³-hybridized carbons (Fsp3) is 0.443. The highest BCUT2D eigenvalue weighted by Gasteiger charge is 2.33. The van der Waals surface area contributed by atoms with Crippen molar-refractivity contribution in [1.29, 1.82) is 0 Å². The van der Waals surface area contributed by atoms with Gasteiger partial charge in [0.2, 0.25) is 47.3 Å². The zero-order valence-corrected chi connectivity index (χ0v) is 70.0. The van der Waals surface area contributed by atoms with Crippen molar-refractivity contribution in [3.63, 3.8) is 0 Å². The van der Waals surface area contributed by atoms with Crippen LogP contribution < -0.4 is 83.7 Å². The van der Waals surface area contributed by atoms with E-state index in [2.05, 4.69) is 63.8 Å². The van der Waals surface area contributed by atoms with E-state index < -0.39 is 193 Å². The molecule has 4 aromatic carbocycles. The monoisotopic (exact) mass is 1700 g/mol. The van der Waals surface area contributed by atoms with Gasteiger partial charge in [0.15, 0.2) is 0 Å². The molecule has 0 aliphatic heterocycles.